The number of hydrogen-bond acceptors (Lipinski definition) is 4. The second-order valence-electron chi connectivity index (χ2n) is 5.06. The van der Waals surface area contributed by atoms with Gasteiger partial charge in [-0.1, -0.05) is 6.92 Å². The van der Waals surface area contributed by atoms with Gasteiger partial charge in [-0.15, -0.1) is 0 Å². The standard InChI is InChI=1S/C13H22N2O4S/c1-3-5-15-8-13(7-12(15)9-16)20(17,18)14(2)11-4-6-19-10-11/h7-8,11,16H,3-6,9-10H2,1-2H3. The van der Waals surface area contributed by atoms with Gasteiger partial charge in [-0.3, -0.25) is 0 Å². The molecule has 0 bridgehead atoms. The molecule has 1 aromatic rings. The lowest BCUT2D eigenvalue weighted by molar-refractivity contribution is 0.181. The number of aryl methyl sites for hydroxylation is 1. The summed E-state index contributed by atoms with van der Waals surface area (Å²) in [6.45, 7) is 3.59. The first-order valence-electron chi connectivity index (χ1n) is 6.86. The van der Waals surface area contributed by atoms with Crippen LogP contribution in [0.5, 0.6) is 0 Å². The van der Waals surface area contributed by atoms with Crippen molar-refractivity contribution in [2.24, 2.45) is 0 Å². The van der Waals surface area contributed by atoms with Gasteiger partial charge in [0.25, 0.3) is 0 Å². The van der Waals surface area contributed by atoms with Crippen LogP contribution in [-0.2, 0) is 27.9 Å². The fourth-order valence-corrected chi connectivity index (χ4v) is 3.86. The van der Waals surface area contributed by atoms with Gasteiger partial charge < -0.3 is 14.4 Å². The quantitative estimate of drug-likeness (QED) is 0.844. The predicted octanol–water partition coefficient (Wildman–Crippen LogP) is 0.800. The Morgan fingerprint density at radius 3 is 2.85 bits per heavy atom. The highest BCUT2D eigenvalue weighted by atomic mass is 32.2. The van der Waals surface area contributed by atoms with E-state index >= 15 is 0 Å². The fraction of sp³-hybridized carbons (Fsp3) is 0.692. The minimum Gasteiger partial charge on any atom is -0.390 e. The summed E-state index contributed by atoms with van der Waals surface area (Å²) in [5.74, 6) is 0. The molecule has 0 aromatic carbocycles. The predicted molar refractivity (Wildman–Crippen MR) is 74.8 cm³/mol. The first kappa shape index (κ1) is 15.5. The van der Waals surface area contributed by atoms with Crippen molar-refractivity contribution in [2.45, 2.75) is 43.9 Å². The number of sulfonamides is 1. The molecule has 0 spiro atoms. The van der Waals surface area contributed by atoms with Crippen LogP contribution < -0.4 is 0 Å². The Morgan fingerprint density at radius 2 is 2.30 bits per heavy atom. The van der Waals surface area contributed by atoms with E-state index in [-0.39, 0.29) is 17.5 Å². The molecule has 1 atom stereocenters. The van der Waals surface area contributed by atoms with Gasteiger partial charge in [0, 0.05) is 32.1 Å². The molecular formula is C13H22N2O4S. The van der Waals surface area contributed by atoms with Gasteiger partial charge in [-0.05, 0) is 18.9 Å². The van der Waals surface area contributed by atoms with Crippen LogP contribution in [0.2, 0.25) is 0 Å². The van der Waals surface area contributed by atoms with Crippen LogP contribution in [0.15, 0.2) is 17.2 Å². The summed E-state index contributed by atoms with van der Waals surface area (Å²) >= 11 is 0. The maximum absolute atomic E-state index is 12.6. The number of rotatable bonds is 6. The molecule has 0 aliphatic carbocycles. The Bertz CT molecular complexity index is 547. The topological polar surface area (TPSA) is 71.8 Å². The molecule has 114 valence electrons. The molecule has 2 rings (SSSR count). The first-order chi connectivity index (χ1) is 9.50. The smallest absolute Gasteiger partial charge is 0.244 e. The Labute approximate surface area is 120 Å². The third-order valence-corrected chi connectivity index (χ3v) is 5.56. The Balaban J connectivity index is 2.28. The molecule has 0 saturated carbocycles. The molecule has 2 heterocycles. The lowest BCUT2D eigenvalue weighted by Gasteiger charge is -2.21. The largest absolute Gasteiger partial charge is 0.390 e. The van der Waals surface area contributed by atoms with E-state index in [9.17, 15) is 13.5 Å². The summed E-state index contributed by atoms with van der Waals surface area (Å²) in [7, 11) is -1.94. The van der Waals surface area contributed by atoms with E-state index in [1.807, 2.05) is 6.92 Å². The van der Waals surface area contributed by atoms with Gasteiger partial charge in [-0.2, -0.15) is 4.31 Å². The molecular weight excluding hydrogens is 280 g/mol. The second kappa shape index (κ2) is 6.26. The molecule has 6 nitrogen and oxygen atoms in total. The second-order valence-corrected chi connectivity index (χ2v) is 7.05. The summed E-state index contributed by atoms with van der Waals surface area (Å²) in [5, 5.41) is 9.32. The monoisotopic (exact) mass is 302 g/mol. The zero-order chi connectivity index (χ0) is 14.8. The van der Waals surface area contributed by atoms with Gasteiger partial charge in [0.05, 0.1) is 19.3 Å². The highest BCUT2D eigenvalue weighted by Gasteiger charge is 2.31. The molecule has 1 unspecified atom stereocenters. The van der Waals surface area contributed by atoms with E-state index in [1.54, 1.807) is 23.9 Å². The van der Waals surface area contributed by atoms with Crippen molar-refractivity contribution in [3.05, 3.63) is 18.0 Å². The van der Waals surface area contributed by atoms with Crippen molar-refractivity contribution in [2.75, 3.05) is 20.3 Å². The summed E-state index contributed by atoms with van der Waals surface area (Å²) in [6.07, 6.45) is 3.21. The molecule has 0 amide bonds. The molecule has 1 aromatic heterocycles. The minimum absolute atomic E-state index is 0.105. The maximum atomic E-state index is 12.6. The third kappa shape index (κ3) is 2.90. The van der Waals surface area contributed by atoms with Gasteiger partial charge in [0.2, 0.25) is 10.0 Å². The normalized spacial score (nSPS) is 19.9. The fourth-order valence-electron chi connectivity index (χ4n) is 2.42. The number of nitrogens with zero attached hydrogens (tertiary/aromatic N) is 2. The van der Waals surface area contributed by atoms with Gasteiger partial charge in [-0.25, -0.2) is 8.42 Å². The molecule has 7 heteroatoms. The summed E-state index contributed by atoms with van der Waals surface area (Å²) in [5.41, 5.74) is 0.626. The number of aliphatic hydroxyl groups is 1. The van der Waals surface area contributed by atoms with Crippen molar-refractivity contribution >= 4 is 10.0 Å². The molecule has 1 aliphatic rings. The lowest BCUT2D eigenvalue weighted by Crippen LogP contribution is -2.37. The van der Waals surface area contributed by atoms with Crippen molar-refractivity contribution in [3.63, 3.8) is 0 Å². The van der Waals surface area contributed by atoms with E-state index in [0.717, 1.165) is 12.8 Å². The lowest BCUT2D eigenvalue weighted by atomic mass is 10.3. The van der Waals surface area contributed by atoms with Crippen LogP contribution in [0.25, 0.3) is 0 Å². The van der Waals surface area contributed by atoms with E-state index in [4.69, 9.17) is 4.74 Å². The highest BCUT2D eigenvalue weighted by molar-refractivity contribution is 7.89. The van der Waals surface area contributed by atoms with Crippen LogP contribution in [0, 0.1) is 0 Å². The maximum Gasteiger partial charge on any atom is 0.244 e. The molecule has 1 N–H and O–H groups in total. The Kier molecular flexibility index (Phi) is 4.85. The number of aromatic nitrogens is 1. The van der Waals surface area contributed by atoms with Crippen molar-refractivity contribution in [3.8, 4) is 0 Å². The summed E-state index contributed by atoms with van der Waals surface area (Å²) in [4.78, 5) is 0.240. The van der Waals surface area contributed by atoms with Crippen molar-refractivity contribution < 1.29 is 18.3 Å². The van der Waals surface area contributed by atoms with Gasteiger partial charge in [0.15, 0.2) is 0 Å². The molecule has 20 heavy (non-hydrogen) atoms. The first-order valence-corrected chi connectivity index (χ1v) is 8.30. The van der Waals surface area contributed by atoms with Crippen molar-refractivity contribution in [1.82, 2.24) is 8.87 Å². The average molecular weight is 302 g/mol. The number of ether oxygens (including phenoxy) is 1. The molecule has 0 radical (unpaired) electrons. The van der Waals surface area contributed by atoms with Crippen LogP contribution in [0.4, 0.5) is 0 Å². The van der Waals surface area contributed by atoms with Crippen LogP contribution in [-0.4, -0.2) is 48.7 Å². The van der Waals surface area contributed by atoms with E-state index in [1.165, 1.54) is 4.31 Å². The van der Waals surface area contributed by atoms with E-state index < -0.39 is 10.0 Å². The number of likely N-dealkylation sites (N-methyl/N-ethyl adjacent to an activating group) is 1. The molecule has 1 saturated heterocycles. The van der Waals surface area contributed by atoms with E-state index in [0.29, 0.717) is 25.5 Å². The van der Waals surface area contributed by atoms with Crippen LogP contribution in [0.1, 0.15) is 25.5 Å². The summed E-state index contributed by atoms with van der Waals surface area (Å²) < 4.78 is 33.6. The zero-order valence-corrected chi connectivity index (χ0v) is 12.8. The molecule has 1 aliphatic heterocycles. The van der Waals surface area contributed by atoms with Gasteiger partial charge >= 0.3 is 0 Å². The van der Waals surface area contributed by atoms with E-state index in [2.05, 4.69) is 0 Å². The number of hydrogen-bond donors (Lipinski definition) is 1. The molecule has 1 fully saturated rings. The third-order valence-electron chi connectivity index (χ3n) is 3.68. The Morgan fingerprint density at radius 1 is 1.55 bits per heavy atom. The number of aliphatic hydroxyl groups excluding tert-OH is 1. The Hall–Kier alpha value is -0.890. The van der Waals surface area contributed by atoms with Crippen molar-refractivity contribution in [1.29, 1.82) is 0 Å². The zero-order valence-electron chi connectivity index (χ0n) is 11.9. The van der Waals surface area contributed by atoms with Crippen LogP contribution >= 0.6 is 0 Å². The average Bonchev–Trinajstić information content (AvgIpc) is 3.07. The summed E-state index contributed by atoms with van der Waals surface area (Å²) in [6, 6.07) is 1.45. The minimum atomic E-state index is -3.53. The SMILES string of the molecule is CCCn1cc(S(=O)(=O)N(C)C2CCOC2)cc1CO. The highest BCUT2D eigenvalue weighted by Crippen LogP contribution is 2.23. The van der Waals surface area contributed by atoms with Gasteiger partial charge in [0.1, 0.15) is 4.90 Å². The van der Waals surface area contributed by atoms with Crippen LogP contribution in [0.3, 0.4) is 0 Å².